The Morgan fingerprint density at radius 2 is 1.80 bits per heavy atom. The number of phenolic OH excluding ortho intramolecular Hbond substituents is 2. The first-order chi connectivity index (χ1) is 9.31. The molecule has 0 heterocycles. The summed E-state index contributed by atoms with van der Waals surface area (Å²) < 4.78 is 0. The fourth-order valence-electron chi connectivity index (χ4n) is 2.21. The molecule has 1 unspecified atom stereocenters. The normalized spacial score (nSPS) is 12.7. The van der Waals surface area contributed by atoms with E-state index in [0.717, 1.165) is 6.42 Å². The topological polar surface area (TPSA) is 72.8 Å². The first kappa shape index (κ1) is 16.3. The lowest BCUT2D eigenvalue weighted by Gasteiger charge is -2.24. The molecule has 0 aliphatic carbocycles. The van der Waals surface area contributed by atoms with Gasteiger partial charge in [0.2, 0.25) is 0 Å². The molecule has 0 aliphatic heterocycles. The van der Waals surface area contributed by atoms with E-state index >= 15 is 0 Å². The molecule has 1 atom stereocenters. The van der Waals surface area contributed by atoms with Crippen LogP contribution in [0, 0.1) is 5.92 Å². The maximum atomic E-state index is 12.2. The van der Waals surface area contributed by atoms with Gasteiger partial charge in [-0.05, 0) is 38.6 Å². The van der Waals surface area contributed by atoms with Gasteiger partial charge >= 0.3 is 0 Å². The van der Waals surface area contributed by atoms with Gasteiger partial charge in [0, 0.05) is 12.6 Å². The van der Waals surface area contributed by atoms with Crippen molar-refractivity contribution in [2.24, 2.45) is 5.92 Å². The van der Waals surface area contributed by atoms with Gasteiger partial charge < -0.3 is 20.4 Å². The molecule has 5 heteroatoms. The van der Waals surface area contributed by atoms with Gasteiger partial charge in [0.05, 0.1) is 0 Å². The van der Waals surface area contributed by atoms with E-state index in [4.69, 9.17) is 0 Å². The summed E-state index contributed by atoms with van der Waals surface area (Å²) in [6.45, 7) is 4.89. The number of benzene rings is 1. The monoisotopic (exact) mass is 280 g/mol. The summed E-state index contributed by atoms with van der Waals surface area (Å²) in [6.07, 6.45) is 0.832. The van der Waals surface area contributed by atoms with Crippen LogP contribution < -0.4 is 5.32 Å². The van der Waals surface area contributed by atoms with Crippen LogP contribution in [0.1, 0.15) is 30.6 Å². The highest BCUT2D eigenvalue weighted by Gasteiger charge is 2.20. The van der Waals surface area contributed by atoms with E-state index in [1.807, 2.05) is 19.0 Å². The number of hydrogen-bond donors (Lipinski definition) is 3. The molecule has 0 fully saturated rings. The number of phenols is 2. The van der Waals surface area contributed by atoms with Gasteiger partial charge in [0.15, 0.2) is 0 Å². The molecule has 20 heavy (non-hydrogen) atoms. The Kier molecular flexibility index (Phi) is 5.82. The minimum Gasteiger partial charge on any atom is -0.507 e. The van der Waals surface area contributed by atoms with Crippen LogP contribution in [-0.4, -0.2) is 47.7 Å². The minimum absolute atomic E-state index is 0.0310. The first-order valence-electron chi connectivity index (χ1n) is 6.77. The van der Waals surface area contributed by atoms with E-state index in [1.54, 1.807) is 0 Å². The van der Waals surface area contributed by atoms with Crippen molar-refractivity contribution in [1.29, 1.82) is 0 Å². The summed E-state index contributed by atoms with van der Waals surface area (Å²) in [5.41, 5.74) is -0.0694. The zero-order valence-electron chi connectivity index (χ0n) is 12.6. The fraction of sp³-hybridized carbons (Fsp3) is 0.533. The molecule has 3 N–H and O–H groups in total. The molecule has 0 saturated carbocycles. The third-order valence-electron chi connectivity index (χ3n) is 2.92. The van der Waals surface area contributed by atoms with Crippen molar-refractivity contribution in [2.45, 2.75) is 26.3 Å². The van der Waals surface area contributed by atoms with Crippen LogP contribution in [0.2, 0.25) is 0 Å². The molecule has 0 bridgehead atoms. The number of rotatable bonds is 6. The quantitative estimate of drug-likeness (QED) is 0.743. The Hall–Kier alpha value is -1.75. The molecule has 1 amide bonds. The third kappa shape index (κ3) is 4.74. The van der Waals surface area contributed by atoms with Crippen molar-refractivity contribution in [2.75, 3.05) is 20.6 Å². The Morgan fingerprint density at radius 3 is 2.25 bits per heavy atom. The molecule has 112 valence electrons. The minimum atomic E-state index is -0.451. The van der Waals surface area contributed by atoms with E-state index < -0.39 is 5.91 Å². The molecular formula is C15H24N2O3. The highest BCUT2D eigenvalue weighted by Crippen LogP contribution is 2.26. The van der Waals surface area contributed by atoms with Gasteiger partial charge in [0.1, 0.15) is 17.1 Å². The van der Waals surface area contributed by atoms with E-state index in [0.29, 0.717) is 12.5 Å². The van der Waals surface area contributed by atoms with Crippen LogP contribution in [0.4, 0.5) is 0 Å². The molecule has 0 saturated heterocycles. The predicted molar refractivity (Wildman–Crippen MR) is 79.0 cm³/mol. The highest BCUT2D eigenvalue weighted by atomic mass is 16.3. The molecule has 0 aromatic heterocycles. The van der Waals surface area contributed by atoms with Gasteiger partial charge in [-0.2, -0.15) is 0 Å². The van der Waals surface area contributed by atoms with E-state index in [-0.39, 0.29) is 23.1 Å². The summed E-state index contributed by atoms with van der Waals surface area (Å²) >= 11 is 0. The molecule has 5 nitrogen and oxygen atoms in total. The summed E-state index contributed by atoms with van der Waals surface area (Å²) in [5, 5.41) is 22.3. The van der Waals surface area contributed by atoms with Gasteiger partial charge in [-0.25, -0.2) is 0 Å². The smallest absolute Gasteiger partial charge is 0.259 e. The second kappa shape index (κ2) is 7.14. The largest absolute Gasteiger partial charge is 0.507 e. The molecular weight excluding hydrogens is 256 g/mol. The second-order valence-electron chi connectivity index (χ2n) is 5.73. The average Bonchev–Trinajstić information content (AvgIpc) is 2.26. The van der Waals surface area contributed by atoms with Crippen molar-refractivity contribution in [1.82, 2.24) is 10.2 Å². The van der Waals surface area contributed by atoms with Crippen LogP contribution in [0.15, 0.2) is 18.2 Å². The number of aromatic hydroxyl groups is 2. The number of nitrogens with one attached hydrogen (secondary N) is 1. The number of amides is 1. The summed E-state index contributed by atoms with van der Waals surface area (Å²) in [7, 11) is 3.88. The average molecular weight is 280 g/mol. The summed E-state index contributed by atoms with van der Waals surface area (Å²) in [4.78, 5) is 14.2. The van der Waals surface area contributed by atoms with Crippen molar-refractivity contribution < 1.29 is 15.0 Å². The van der Waals surface area contributed by atoms with Gasteiger partial charge in [0.25, 0.3) is 5.91 Å². The Balaban J connectivity index is 2.84. The van der Waals surface area contributed by atoms with Crippen molar-refractivity contribution in [3.8, 4) is 11.5 Å². The van der Waals surface area contributed by atoms with Gasteiger partial charge in [-0.1, -0.05) is 19.9 Å². The van der Waals surface area contributed by atoms with Gasteiger partial charge in [-0.3, -0.25) is 4.79 Å². The number of likely N-dealkylation sites (N-methyl/N-ethyl adjacent to an activating group) is 1. The van der Waals surface area contributed by atoms with E-state index in [2.05, 4.69) is 19.2 Å². The number of carbonyl (C=O) groups is 1. The summed E-state index contributed by atoms with van der Waals surface area (Å²) in [6, 6.07) is 4.24. The Labute approximate surface area is 120 Å². The van der Waals surface area contributed by atoms with Crippen molar-refractivity contribution in [3.05, 3.63) is 23.8 Å². The maximum absolute atomic E-state index is 12.2. The predicted octanol–water partition coefficient (Wildman–Crippen LogP) is 1.80. The maximum Gasteiger partial charge on any atom is 0.259 e. The van der Waals surface area contributed by atoms with Crippen molar-refractivity contribution in [3.63, 3.8) is 0 Å². The first-order valence-corrected chi connectivity index (χ1v) is 6.77. The molecule has 0 aliphatic rings. The Bertz CT molecular complexity index is 428. The van der Waals surface area contributed by atoms with E-state index in [9.17, 15) is 15.0 Å². The molecule has 1 rings (SSSR count). The molecule has 0 radical (unpaired) electrons. The number of nitrogens with zero attached hydrogens (tertiary/aromatic N) is 1. The lowest BCUT2D eigenvalue weighted by Crippen LogP contribution is -2.42. The molecule has 1 aromatic rings. The molecule has 0 spiro atoms. The van der Waals surface area contributed by atoms with Crippen LogP contribution >= 0.6 is 0 Å². The van der Waals surface area contributed by atoms with Crippen LogP contribution in [0.5, 0.6) is 11.5 Å². The van der Waals surface area contributed by atoms with Crippen LogP contribution in [0.3, 0.4) is 0 Å². The Morgan fingerprint density at radius 1 is 1.25 bits per heavy atom. The lowest BCUT2D eigenvalue weighted by atomic mass is 10.0. The zero-order chi connectivity index (χ0) is 15.3. The molecule has 1 aromatic carbocycles. The van der Waals surface area contributed by atoms with Crippen LogP contribution in [0.25, 0.3) is 0 Å². The lowest BCUT2D eigenvalue weighted by molar-refractivity contribution is 0.0919. The van der Waals surface area contributed by atoms with Crippen LogP contribution in [-0.2, 0) is 0 Å². The van der Waals surface area contributed by atoms with Crippen molar-refractivity contribution >= 4 is 5.91 Å². The fourth-order valence-corrected chi connectivity index (χ4v) is 2.21. The SMILES string of the molecule is CC(C)CC(CN(C)C)NC(=O)c1c(O)cccc1O. The second-order valence-corrected chi connectivity index (χ2v) is 5.73. The standard InChI is InChI=1S/C15H24N2O3/c1-10(2)8-11(9-17(3)4)16-15(20)14-12(18)6-5-7-13(14)19/h5-7,10-11,18-19H,8-9H2,1-4H3,(H,16,20). The number of carbonyl (C=O) groups excluding carboxylic acids is 1. The zero-order valence-corrected chi connectivity index (χ0v) is 12.6. The van der Waals surface area contributed by atoms with Gasteiger partial charge in [-0.15, -0.1) is 0 Å². The number of hydrogen-bond acceptors (Lipinski definition) is 4. The third-order valence-corrected chi connectivity index (χ3v) is 2.92. The summed E-state index contributed by atoms with van der Waals surface area (Å²) in [5.74, 6) is -0.433. The van der Waals surface area contributed by atoms with E-state index in [1.165, 1.54) is 18.2 Å². The highest BCUT2D eigenvalue weighted by molar-refractivity contribution is 5.99.